The van der Waals surface area contributed by atoms with Gasteiger partial charge in [0.1, 0.15) is 4.92 Å². The molecule has 0 fully saturated rings. The van der Waals surface area contributed by atoms with E-state index in [1.165, 1.54) is 22.3 Å². The zero-order valence-electron chi connectivity index (χ0n) is 14.1. The van der Waals surface area contributed by atoms with Gasteiger partial charge in [-0.2, -0.15) is 0 Å². The Morgan fingerprint density at radius 2 is 2.11 bits per heavy atom. The van der Waals surface area contributed by atoms with Gasteiger partial charge < -0.3 is 4.42 Å². The maximum Gasteiger partial charge on any atom is 0.433 e. The molecule has 4 rings (SSSR count). The second-order valence-electron chi connectivity index (χ2n) is 5.72. The number of furan rings is 1. The van der Waals surface area contributed by atoms with Gasteiger partial charge >= 0.3 is 5.88 Å². The number of fused-ring (bicyclic) bond motifs is 1. The van der Waals surface area contributed by atoms with Gasteiger partial charge in [-0.15, -0.1) is 0 Å². The van der Waals surface area contributed by atoms with Crippen molar-refractivity contribution in [2.24, 2.45) is 0 Å². The van der Waals surface area contributed by atoms with Crippen molar-refractivity contribution >= 4 is 50.1 Å². The number of carbonyl (C=O) groups excluding carboxylic acids is 1. The van der Waals surface area contributed by atoms with E-state index in [4.69, 9.17) is 16.0 Å². The van der Waals surface area contributed by atoms with Gasteiger partial charge in [-0.1, -0.05) is 29.0 Å². The van der Waals surface area contributed by atoms with E-state index in [-0.39, 0.29) is 12.3 Å². The zero-order valence-corrected chi connectivity index (χ0v) is 15.7. The normalized spacial score (nSPS) is 10.9. The summed E-state index contributed by atoms with van der Waals surface area (Å²) >= 11 is 7.32. The van der Waals surface area contributed by atoms with Crippen LogP contribution >= 0.6 is 22.9 Å². The number of halogens is 1. The van der Waals surface area contributed by atoms with E-state index in [0.29, 0.717) is 21.4 Å². The predicted octanol–water partition coefficient (Wildman–Crippen LogP) is 4.69. The van der Waals surface area contributed by atoms with Crippen LogP contribution in [-0.2, 0) is 6.54 Å². The fraction of sp³-hybridized carbons (Fsp3) is 0.0556. The molecule has 0 bridgehead atoms. The molecule has 0 saturated carbocycles. The van der Waals surface area contributed by atoms with E-state index in [9.17, 15) is 14.9 Å². The zero-order chi connectivity index (χ0) is 19.7. The van der Waals surface area contributed by atoms with Crippen molar-refractivity contribution in [1.29, 1.82) is 0 Å². The van der Waals surface area contributed by atoms with Gasteiger partial charge in [0.25, 0.3) is 5.91 Å². The predicted molar refractivity (Wildman–Crippen MR) is 105 cm³/mol. The first-order chi connectivity index (χ1) is 13.5. The molecule has 0 aliphatic rings. The SMILES string of the molecule is O=C(c1ccc([N+](=O)[O-])o1)N(Cc1ccccn1)c1nc2ccc(Cl)cc2s1. The molecule has 4 aromatic rings. The molecule has 3 heterocycles. The molecule has 8 nitrogen and oxygen atoms in total. The lowest BCUT2D eigenvalue weighted by Crippen LogP contribution is -2.30. The maximum absolute atomic E-state index is 13.1. The fourth-order valence-corrected chi connectivity index (χ4v) is 3.79. The monoisotopic (exact) mass is 414 g/mol. The molecule has 28 heavy (non-hydrogen) atoms. The molecule has 0 atom stereocenters. The number of thiazole rings is 1. The number of hydrogen-bond donors (Lipinski definition) is 0. The molecule has 0 aliphatic heterocycles. The van der Waals surface area contributed by atoms with Gasteiger partial charge in [-0.25, -0.2) is 4.98 Å². The Hall–Kier alpha value is -3.30. The Bertz CT molecular complexity index is 1170. The number of pyridine rings is 1. The van der Waals surface area contributed by atoms with Crippen LogP contribution in [0, 0.1) is 10.1 Å². The minimum atomic E-state index is -0.695. The van der Waals surface area contributed by atoms with Gasteiger partial charge in [-0.05, 0) is 36.4 Å². The molecule has 0 radical (unpaired) electrons. The van der Waals surface area contributed by atoms with Crippen molar-refractivity contribution in [3.05, 3.63) is 81.3 Å². The largest absolute Gasteiger partial charge is 0.433 e. The highest BCUT2D eigenvalue weighted by Gasteiger charge is 2.26. The average molecular weight is 415 g/mol. The summed E-state index contributed by atoms with van der Waals surface area (Å²) in [5.74, 6) is -1.21. The molecule has 140 valence electrons. The first kappa shape index (κ1) is 18.1. The number of rotatable bonds is 5. The van der Waals surface area contributed by atoms with Crippen molar-refractivity contribution in [3.63, 3.8) is 0 Å². The van der Waals surface area contributed by atoms with E-state index in [2.05, 4.69) is 9.97 Å². The summed E-state index contributed by atoms with van der Waals surface area (Å²) in [4.78, 5) is 33.4. The van der Waals surface area contributed by atoms with Crippen LogP contribution in [0.5, 0.6) is 0 Å². The highest BCUT2D eigenvalue weighted by atomic mass is 35.5. The van der Waals surface area contributed by atoms with E-state index < -0.39 is 16.7 Å². The summed E-state index contributed by atoms with van der Waals surface area (Å²) in [7, 11) is 0. The van der Waals surface area contributed by atoms with E-state index in [1.54, 1.807) is 42.6 Å². The van der Waals surface area contributed by atoms with Crippen LogP contribution in [0.25, 0.3) is 10.2 Å². The van der Waals surface area contributed by atoms with Crippen molar-refractivity contribution in [1.82, 2.24) is 9.97 Å². The quantitative estimate of drug-likeness (QED) is 0.346. The van der Waals surface area contributed by atoms with Gasteiger partial charge in [0.15, 0.2) is 10.9 Å². The van der Waals surface area contributed by atoms with Crippen molar-refractivity contribution in [2.75, 3.05) is 4.90 Å². The summed E-state index contributed by atoms with van der Waals surface area (Å²) in [6.45, 7) is 0.127. The van der Waals surface area contributed by atoms with Crippen LogP contribution in [0.4, 0.5) is 11.0 Å². The lowest BCUT2D eigenvalue weighted by Gasteiger charge is -2.18. The highest BCUT2D eigenvalue weighted by molar-refractivity contribution is 7.22. The molecule has 0 aliphatic carbocycles. The van der Waals surface area contributed by atoms with Crippen molar-refractivity contribution < 1.29 is 14.1 Å². The minimum absolute atomic E-state index is 0.127. The van der Waals surface area contributed by atoms with Gasteiger partial charge in [0.05, 0.1) is 28.5 Å². The lowest BCUT2D eigenvalue weighted by molar-refractivity contribution is -0.402. The Morgan fingerprint density at radius 1 is 1.25 bits per heavy atom. The first-order valence-corrected chi connectivity index (χ1v) is 9.23. The summed E-state index contributed by atoms with van der Waals surface area (Å²) in [6.07, 6.45) is 1.62. The van der Waals surface area contributed by atoms with Gasteiger partial charge in [0, 0.05) is 11.2 Å². The summed E-state index contributed by atoms with van der Waals surface area (Å²) in [5.41, 5.74) is 1.32. The number of amides is 1. The Balaban J connectivity index is 1.75. The number of aromatic nitrogens is 2. The number of anilines is 1. The van der Waals surface area contributed by atoms with Crippen LogP contribution in [0.1, 0.15) is 16.2 Å². The summed E-state index contributed by atoms with van der Waals surface area (Å²) < 4.78 is 5.90. The topological polar surface area (TPSA) is 102 Å². The van der Waals surface area contributed by atoms with Crippen LogP contribution in [0.3, 0.4) is 0 Å². The third-order valence-electron chi connectivity index (χ3n) is 3.84. The van der Waals surface area contributed by atoms with Gasteiger partial charge in [-0.3, -0.25) is 24.8 Å². The summed E-state index contributed by atoms with van der Waals surface area (Å²) in [5, 5.41) is 11.8. The summed E-state index contributed by atoms with van der Waals surface area (Å²) in [6, 6.07) is 13.0. The number of hydrogen-bond acceptors (Lipinski definition) is 7. The third kappa shape index (κ3) is 3.57. The second kappa shape index (κ2) is 7.37. The van der Waals surface area contributed by atoms with Crippen LogP contribution in [0.15, 0.2) is 59.1 Å². The molecule has 0 N–H and O–H groups in total. The molecule has 1 amide bonds. The fourth-order valence-electron chi connectivity index (χ4n) is 2.56. The molecule has 3 aromatic heterocycles. The molecule has 1 aromatic carbocycles. The first-order valence-electron chi connectivity index (χ1n) is 8.03. The standard InChI is InChI=1S/C18H11ClN4O4S/c19-11-4-5-13-15(9-11)28-18(21-13)22(10-12-3-1-2-8-20-12)17(24)14-6-7-16(27-14)23(25)26/h1-9H,10H2. The number of nitro groups is 1. The second-order valence-corrected chi connectivity index (χ2v) is 7.16. The number of carbonyl (C=O) groups is 1. The number of nitrogens with zero attached hydrogens (tertiary/aromatic N) is 4. The van der Waals surface area contributed by atoms with Crippen LogP contribution < -0.4 is 4.90 Å². The Labute approximate surface area is 167 Å². The van der Waals surface area contributed by atoms with Crippen LogP contribution in [0.2, 0.25) is 5.02 Å². The molecular weight excluding hydrogens is 404 g/mol. The van der Waals surface area contributed by atoms with E-state index >= 15 is 0 Å². The Morgan fingerprint density at radius 3 is 2.82 bits per heavy atom. The lowest BCUT2D eigenvalue weighted by atomic mass is 10.3. The molecular formula is C18H11ClN4O4S. The van der Waals surface area contributed by atoms with Crippen LogP contribution in [-0.4, -0.2) is 20.8 Å². The van der Waals surface area contributed by atoms with Gasteiger partial charge in [0.2, 0.25) is 0 Å². The molecule has 10 heteroatoms. The third-order valence-corrected chi connectivity index (χ3v) is 5.12. The molecule has 0 spiro atoms. The molecule has 0 saturated heterocycles. The number of benzene rings is 1. The van der Waals surface area contributed by atoms with Crippen molar-refractivity contribution in [3.8, 4) is 0 Å². The minimum Gasteiger partial charge on any atom is -0.395 e. The average Bonchev–Trinajstić information content (AvgIpc) is 3.33. The van der Waals surface area contributed by atoms with E-state index in [1.807, 2.05) is 0 Å². The smallest absolute Gasteiger partial charge is 0.395 e. The maximum atomic E-state index is 13.1. The Kier molecular flexibility index (Phi) is 4.76. The van der Waals surface area contributed by atoms with E-state index in [0.717, 1.165) is 10.8 Å². The highest BCUT2D eigenvalue weighted by Crippen LogP contribution is 2.32. The molecule has 0 unspecified atom stereocenters. The van der Waals surface area contributed by atoms with Crippen molar-refractivity contribution in [2.45, 2.75) is 6.54 Å².